The minimum atomic E-state index is -0.572. The number of nitrogens with zero attached hydrogens (tertiary/aromatic N) is 1. The number of ether oxygens (including phenoxy) is 3. The maximum atomic E-state index is 12.8. The van der Waals surface area contributed by atoms with E-state index in [-0.39, 0.29) is 21.4 Å². The van der Waals surface area contributed by atoms with Gasteiger partial charge in [-0.1, -0.05) is 17.8 Å². The highest BCUT2D eigenvalue weighted by molar-refractivity contribution is 8.26. The molecule has 1 saturated heterocycles. The highest BCUT2D eigenvalue weighted by Crippen LogP contribution is 2.34. The first-order chi connectivity index (χ1) is 14.4. The molecule has 2 aromatic rings. The summed E-state index contributed by atoms with van der Waals surface area (Å²) >= 11 is 6.30. The van der Waals surface area contributed by atoms with Gasteiger partial charge in [0.05, 0.1) is 26.2 Å². The van der Waals surface area contributed by atoms with Crippen LogP contribution < -0.4 is 19.6 Å². The van der Waals surface area contributed by atoms with Crippen molar-refractivity contribution in [3.63, 3.8) is 0 Å². The van der Waals surface area contributed by atoms with Gasteiger partial charge in [0, 0.05) is 5.56 Å². The van der Waals surface area contributed by atoms with Gasteiger partial charge in [0.15, 0.2) is 27.3 Å². The molecule has 156 valence electrons. The number of amides is 2. The highest BCUT2D eigenvalue weighted by Gasteiger charge is 2.34. The van der Waals surface area contributed by atoms with Gasteiger partial charge < -0.3 is 19.3 Å². The zero-order chi connectivity index (χ0) is 21.8. The summed E-state index contributed by atoms with van der Waals surface area (Å²) in [6.45, 7) is 0. The SMILES string of the molecule is COc1cc(C(=O)NN2C(=O)/C(=C\c3ccc(OC)c(OC)c3)SC2=S)ccc1O. The smallest absolute Gasteiger partial charge is 0.285 e. The number of methoxy groups -OCH3 is 3. The number of hydrogen-bond acceptors (Lipinski definition) is 8. The van der Waals surface area contributed by atoms with E-state index < -0.39 is 11.8 Å². The fourth-order valence-corrected chi connectivity index (χ4v) is 3.82. The standard InChI is InChI=1S/C20H18N2O6S2/c1-26-14-7-4-11(8-16(14)28-3)9-17-19(25)22(20(29)30-17)21-18(24)12-5-6-13(23)15(10-12)27-2/h4-10,23H,1-3H3,(H,21,24)/b17-9+. The molecule has 8 nitrogen and oxygen atoms in total. The molecule has 0 unspecified atom stereocenters. The summed E-state index contributed by atoms with van der Waals surface area (Å²) in [6, 6.07) is 9.33. The van der Waals surface area contributed by atoms with Gasteiger partial charge in [-0.15, -0.1) is 0 Å². The van der Waals surface area contributed by atoms with Crippen molar-refractivity contribution in [3.05, 3.63) is 52.4 Å². The predicted molar refractivity (Wildman–Crippen MR) is 117 cm³/mol. The van der Waals surface area contributed by atoms with Crippen LogP contribution >= 0.6 is 24.0 Å². The Hall–Kier alpha value is -3.24. The Balaban J connectivity index is 1.79. The molecule has 10 heteroatoms. The third kappa shape index (κ3) is 4.34. The molecule has 3 rings (SSSR count). The second kappa shape index (κ2) is 9.06. The van der Waals surface area contributed by atoms with E-state index in [0.717, 1.165) is 16.8 Å². The van der Waals surface area contributed by atoms with Gasteiger partial charge in [0.25, 0.3) is 11.8 Å². The quantitative estimate of drug-likeness (QED) is 0.516. The minimum absolute atomic E-state index is 0.0995. The maximum Gasteiger partial charge on any atom is 0.285 e. The molecule has 30 heavy (non-hydrogen) atoms. The second-order valence-corrected chi connectivity index (χ2v) is 7.63. The van der Waals surface area contributed by atoms with Gasteiger partial charge in [0.1, 0.15) is 0 Å². The maximum absolute atomic E-state index is 12.8. The summed E-state index contributed by atoms with van der Waals surface area (Å²) in [4.78, 5) is 25.6. The van der Waals surface area contributed by atoms with Gasteiger partial charge >= 0.3 is 0 Å². The lowest BCUT2D eigenvalue weighted by Gasteiger charge is -2.16. The summed E-state index contributed by atoms with van der Waals surface area (Å²) in [7, 11) is 4.43. The van der Waals surface area contributed by atoms with Crippen LogP contribution in [0.5, 0.6) is 23.0 Å². The van der Waals surface area contributed by atoms with E-state index in [1.807, 2.05) is 0 Å². The molecule has 2 N–H and O–H groups in total. The Bertz CT molecular complexity index is 1050. The van der Waals surface area contributed by atoms with E-state index in [1.54, 1.807) is 24.3 Å². The Morgan fingerprint density at radius 1 is 1.07 bits per heavy atom. The number of rotatable bonds is 6. The van der Waals surface area contributed by atoms with Crippen LogP contribution in [0.2, 0.25) is 0 Å². The number of hydrogen-bond donors (Lipinski definition) is 2. The number of carbonyl (C=O) groups is 2. The summed E-state index contributed by atoms with van der Waals surface area (Å²) < 4.78 is 15.7. The fourth-order valence-electron chi connectivity index (χ4n) is 2.64. The minimum Gasteiger partial charge on any atom is -0.504 e. The van der Waals surface area contributed by atoms with Gasteiger partial charge in [-0.2, -0.15) is 5.01 Å². The van der Waals surface area contributed by atoms with E-state index in [1.165, 1.54) is 39.5 Å². The van der Waals surface area contributed by atoms with Crippen LogP contribution in [0.4, 0.5) is 0 Å². The van der Waals surface area contributed by atoms with Crippen LogP contribution in [-0.2, 0) is 4.79 Å². The molecule has 0 radical (unpaired) electrons. The van der Waals surface area contributed by atoms with Crippen molar-refractivity contribution in [3.8, 4) is 23.0 Å². The Kier molecular flexibility index (Phi) is 6.48. The highest BCUT2D eigenvalue weighted by atomic mass is 32.2. The molecule has 1 aliphatic rings. The second-order valence-electron chi connectivity index (χ2n) is 5.96. The molecule has 1 fully saturated rings. The Labute approximate surface area is 182 Å². The number of thioether (sulfide) groups is 1. The average Bonchev–Trinajstić information content (AvgIpc) is 3.01. The molecule has 2 aromatic carbocycles. The number of hydrazine groups is 1. The van der Waals surface area contributed by atoms with E-state index in [4.69, 9.17) is 26.4 Å². The number of thiocarbonyl (C=S) groups is 1. The lowest BCUT2D eigenvalue weighted by atomic mass is 10.2. The van der Waals surface area contributed by atoms with Gasteiger partial charge in [-0.05, 0) is 54.2 Å². The number of phenolic OH excluding ortho intramolecular Hbond substituents is 1. The van der Waals surface area contributed by atoms with Crippen LogP contribution in [0.3, 0.4) is 0 Å². The molecule has 2 amide bonds. The number of aromatic hydroxyl groups is 1. The molecule has 0 bridgehead atoms. The zero-order valence-corrected chi connectivity index (χ0v) is 17.9. The average molecular weight is 447 g/mol. The lowest BCUT2D eigenvalue weighted by Crippen LogP contribution is -2.44. The van der Waals surface area contributed by atoms with Crippen LogP contribution in [-0.4, -0.2) is 47.6 Å². The molecule has 1 aliphatic heterocycles. The molecule has 0 atom stereocenters. The monoisotopic (exact) mass is 446 g/mol. The number of benzene rings is 2. The Morgan fingerprint density at radius 3 is 2.43 bits per heavy atom. The van der Waals surface area contributed by atoms with E-state index >= 15 is 0 Å². The lowest BCUT2D eigenvalue weighted by molar-refractivity contribution is -0.123. The molecule has 0 spiro atoms. The van der Waals surface area contributed by atoms with Crippen LogP contribution in [0.15, 0.2) is 41.3 Å². The summed E-state index contributed by atoms with van der Waals surface area (Å²) in [5.41, 5.74) is 3.39. The summed E-state index contributed by atoms with van der Waals surface area (Å²) in [5.74, 6) is 0.102. The van der Waals surface area contributed by atoms with Crippen LogP contribution in [0.1, 0.15) is 15.9 Å². The number of nitrogens with one attached hydrogen (secondary N) is 1. The van der Waals surface area contributed by atoms with Crippen LogP contribution in [0, 0.1) is 0 Å². The first kappa shape index (κ1) is 21.5. The third-order valence-corrected chi connectivity index (χ3v) is 5.46. The van der Waals surface area contributed by atoms with Gasteiger partial charge in [-0.25, -0.2) is 0 Å². The summed E-state index contributed by atoms with van der Waals surface area (Å²) in [6.07, 6.45) is 1.65. The summed E-state index contributed by atoms with van der Waals surface area (Å²) in [5, 5.41) is 10.7. The molecule has 0 aliphatic carbocycles. The van der Waals surface area contributed by atoms with Gasteiger partial charge in [-0.3, -0.25) is 15.0 Å². The van der Waals surface area contributed by atoms with Crippen LogP contribution in [0.25, 0.3) is 6.08 Å². The van der Waals surface area contributed by atoms with E-state index in [2.05, 4.69) is 5.43 Å². The molecule has 0 saturated carbocycles. The topological polar surface area (TPSA) is 97.3 Å². The van der Waals surface area contributed by atoms with Crippen molar-refractivity contribution < 1.29 is 28.9 Å². The van der Waals surface area contributed by atoms with Crippen molar-refractivity contribution in [2.24, 2.45) is 0 Å². The number of phenols is 1. The van der Waals surface area contributed by atoms with Crippen molar-refractivity contribution in [1.29, 1.82) is 0 Å². The predicted octanol–water partition coefficient (Wildman–Crippen LogP) is 2.96. The first-order valence-electron chi connectivity index (χ1n) is 8.56. The fraction of sp³-hybridized carbons (Fsp3) is 0.150. The van der Waals surface area contributed by atoms with Crippen molar-refractivity contribution >= 4 is 46.2 Å². The van der Waals surface area contributed by atoms with Gasteiger partial charge in [0.2, 0.25) is 0 Å². The molecular formula is C20H18N2O6S2. The Morgan fingerprint density at radius 2 is 1.77 bits per heavy atom. The third-order valence-electron chi connectivity index (χ3n) is 4.15. The first-order valence-corrected chi connectivity index (χ1v) is 9.78. The zero-order valence-electron chi connectivity index (χ0n) is 16.3. The largest absolute Gasteiger partial charge is 0.504 e. The van der Waals surface area contributed by atoms with Crippen molar-refractivity contribution in [2.75, 3.05) is 21.3 Å². The van der Waals surface area contributed by atoms with E-state index in [0.29, 0.717) is 22.0 Å². The molecule has 1 heterocycles. The van der Waals surface area contributed by atoms with E-state index in [9.17, 15) is 14.7 Å². The molecular weight excluding hydrogens is 428 g/mol. The van der Waals surface area contributed by atoms with Crippen molar-refractivity contribution in [1.82, 2.24) is 10.4 Å². The normalized spacial score (nSPS) is 14.8. The number of carbonyl (C=O) groups excluding carboxylic acids is 2. The van der Waals surface area contributed by atoms with Crippen molar-refractivity contribution in [2.45, 2.75) is 0 Å². The molecule has 0 aromatic heterocycles.